The fourth-order valence-corrected chi connectivity index (χ4v) is 6.27. The number of halogens is 1. The Balaban J connectivity index is 1.30. The lowest BCUT2D eigenvalue weighted by Gasteiger charge is -2.49. The molecule has 5 aliphatic heterocycles. The molecule has 1 saturated carbocycles. The van der Waals surface area contributed by atoms with Crippen molar-refractivity contribution in [1.29, 1.82) is 0 Å². The summed E-state index contributed by atoms with van der Waals surface area (Å²) >= 11 is 0. The fraction of sp³-hybridized carbons (Fsp3) is 1.00. The van der Waals surface area contributed by atoms with E-state index in [-0.39, 0.29) is 30.7 Å². The number of ether oxygens (including phenoxy) is 2. The second-order valence-electron chi connectivity index (χ2n) is 9.31. The van der Waals surface area contributed by atoms with Gasteiger partial charge in [-0.25, -0.2) is 9.40 Å². The molecule has 8 nitrogen and oxygen atoms in total. The van der Waals surface area contributed by atoms with Crippen molar-refractivity contribution in [1.82, 2.24) is 30.9 Å². The first kappa shape index (κ1) is 18.4. The minimum absolute atomic E-state index is 0.0413. The first-order chi connectivity index (χ1) is 13.8. The van der Waals surface area contributed by atoms with Crippen LogP contribution in [-0.2, 0) is 9.47 Å². The molecule has 158 valence electrons. The maximum absolute atomic E-state index is 14.2. The van der Waals surface area contributed by atoms with E-state index in [9.17, 15) is 4.39 Å². The van der Waals surface area contributed by atoms with E-state index < -0.39 is 6.17 Å². The van der Waals surface area contributed by atoms with Gasteiger partial charge in [-0.05, 0) is 12.8 Å². The maximum Gasteiger partial charge on any atom is 0.116 e. The Bertz CT molecular complexity index is 587. The van der Waals surface area contributed by atoms with E-state index in [1.54, 1.807) is 0 Å². The smallest absolute Gasteiger partial charge is 0.116 e. The Morgan fingerprint density at radius 1 is 0.929 bits per heavy atom. The van der Waals surface area contributed by atoms with Gasteiger partial charge in [-0.15, -0.1) is 0 Å². The third-order valence-corrected chi connectivity index (χ3v) is 7.73. The van der Waals surface area contributed by atoms with Crippen molar-refractivity contribution in [3.8, 4) is 0 Å². The monoisotopic (exact) mass is 396 g/mol. The van der Waals surface area contributed by atoms with E-state index in [1.807, 2.05) is 0 Å². The molecule has 6 fully saturated rings. The highest BCUT2D eigenvalue weighted by atomic mass is 19.1. The number of rotatable bonds is 0. The molecule has 5 heterocycles. The van der Waals surface area contributed by atoms with Crippen LogP contribution < -0.4 is 16.1 Å². The number of hydrogen-bond donors (Lipinski definition) is 3. The topological polar surface area (TPSA) is 64.3 Å². The average Bonchev–Trinajstić information content (AvgIpc) is 3.30. The molecule has 0 aromatic rings. The summed E-state index contributed by atoms with van der Waals surface area (Å²) in [5.74, 6) is 0.516. The number of nitrogens with zero attached hydrogens (tertiary/aromatic N) is 3. The highest BCUT2D eigenvalue weighted by molar-refractivity contribution is 5.01. The fourth-order valence-electron chi connectivity index (χ4n) is 6.27. The van der Waals surface area contributed by atoms with Gasteiger partial charge in [-0.3, -0.25) is 25.9 Å². The zero-order valence-corrected chi connectivity index (χ0v) is 16.4. The van der Waals surface area contributed by atoms with Gasteiger partial charge in [0.25, 0.3) is 0 Å². The quantitative estimate of drug-likeness (QED) is 0.477. The Morgan fingerprint density at radius 3 is 2.79 bits per heavy atom. The molecular weight excluding hydrogens is 363 g/mol. The van der Waals surface area contributed by atoms with Crippen molar-refractivity contribution < 1.29 is 13.9 Å². The van der Waals surface area contributed by atoms with E-state index in [0.717, 1.165) is 52.3 Å². The molecule has 0 aromatic heterocycles. The van der Waals surface area contributed by atoms with Crippen molar-refractivity contribution in [3.05, 3.63) is 0 Å². The molecule has 28 heavy (non-hydrogen) atoms. The Hall–Kier alpha value is -0.390. The SMILES string of the molecule is FC1CCC2C(C1)OCCN1C[C@H]3OCCN(C4NCC5CNN2C5N4)[C@H]3C1. The minimum Gasteiger partial charge on any atom is -0.375 e. The molecule has 0 radical (unpaired) electrons. The number of alkyl halides is 1. The molecule has 4 bridgehead atoms. The van der Waals surface area contributed by atoms with Gasteiger partial charge in [-0.1, -0.05) is 0 Å². The van der Waals surface area contributed by atoms with Crippen molar-refractivity contribution >= 4 is 0 Å². The van der Waals surface area contributed by atoms with Crippen molar-refractivity contribution in [2.75, 3.05) is 52.5 Å². The predicted octanol–water partition coefficient (Wildman–Crippen LogP) is -1.10. The first-order valence-corrected chi connectivity index (χ1v) is 11.1. The second kappa shape index (κ2) is 7.39. The van der Waals surface area contributed by atoms with Gasteiger partial charge in [0.1, 0.15) is 12.5 Å². The summed E-state index contributed by atoms with van der Waals surface area (Å²) in [5, 5.41) is 10.0. The second-order valence-corrected chi connectivity index (χ2v) is 9.31. The molecule has 9 heteroatoms. The zero-order chi connectivity index (χ0) is 18.7. The van der Waals surface area contributed by atoms with Crippen LogP contribution in [0.4, 0.5) is 4.39 Å². The highest BCUT2D eigenvalue weighted by Gasteiger charge is 2.49. The molecular formula is C19H33FN6O2. The predicted molar refractivity (Wildman–Crippen MR) is 101 cm³/mol. The van der Waals surface area contributed by atoms with Gasteiger partial charge in [-0.2, -0.15) is 0 Å². The van der Waals surface area contributed by atoms with Crippen LogP contribution in [-0.4, -0.2) is 110 Å². The average molecular weight is 397 g/mol. The van der Waals surface area contributed by atoms with Crippen molar-refractivity contribution in [3.63, 3.8) is 0 Å². The van der Waals surface area contributed by atoms with E-state index in [4.69, 9.17) is 9.47 Å². The van der Waals surface area contributed by atoms with Crippen LogP contribution in [0.3, 0.4) is 0 Å². The molecule has 6 rings (SSSR count). The summed E-state index contributed by atoms with van der Waals surface area (Å²) < 4.78 is 26.6. The van der Waals surface area contributed by atoms with Crippen LogP contribution in [0.1, 0.15) is 19.3 Å². The number of morpholine rings is 1. The summed E-state index contributed by atoms with van der Waals surface area (Å²) in [4.78, 5) is 5.04. The van der Waals surface area contributed by atoms with Crippen LogP contribution in [0, 0.1) is 5.92 Å². The van der Waals surface area contributed by atoms with Gasteiger partial charge >= 0.3 is 0 Å². The molecule has 7 unspecified atom stereocenters. The lowest BCUT2D eigenvalue weighted by atomic mass is 9.89. The van der Waals surface area contributed by atoms with Gasteiger partial charge < -0.3 is 9.47 Å². The number of hydrogen-bond acceptors (Lipinski definition) is 8. The normalized spacial score (nSPS) is 52.4. The number of hydrazine groups is 1. The van der Waals surface area contributed by atoms with Crippen LogP contribution in [0.25, 0.3) is 0 Å². The molecule has 1 aliphatic carbocycles. The highest BCUT2D eigenvalue weighted by Crippen LogP contribution is 2.33. The number of fused-ring (bicyclic) bond motifs is 5. The summed E-state index contributed by atoms with van der Waals surface area (Å²) in [6.45, 7) is 7.26. The summed E-state index contributed by atoms with van der Waals surface area (Å²) in [6.07, 6.45) is 1.93. The molecule has 6 aliphatic rings. The van der Waals surface area contributed by atoms with Gasteiger partial charge in [0.05, 0.1) is 43.7 Å². The minimum atomic E-state index is -0.737. The molecule has 0 amide bonds. The van der Waals surface area contributed by atoms with E-state index in [1.165, 1.54) is 0 Å². The molecule has 9 atom stereocenters. The third kappa shape index (κ3) is 3.11. The maximum atomic E-state index is 14.2. The first-order valence-electron chi connectivity index (χ1n) is 11.1. The van der Waals surface area contributed by atoms with Gasteiger partial charge in [0.2, 0.25) is 0 Å². The van der Waals surface area contributed by atoms with Crippen molar-refractivity contribution in [2.45, 2.75) is 62.2 Å². The van der Waals surface area contributed by atoms with Gasteiger partial charge in [0, 0.05) is 51.6 Å². The van der Waals surface area contributed by atoms with E-state index >= 15 is 0 Å². The summed E-state index contributed by atoms with van der Waals surface area (Å²) in [7, 11) is 0. The molecule has 3 N–H and O–H groups in total. The Kier molecular flexibility index (Phi) is 4.85. The third-order valence-electron chi connectivity index (χ3n) is 7.73. The summed E-state index contributed by atoms with van der Waals surface area (Å²) in [5.41, 5.74) is 3.63. The van der Waals surface area contributed by atoms with Crippen LogP contribution in [0.2, 0.25) is 0 Å². The van der Waals surface area contributed by atoms with Gasteiger partial charge in [0.15, 0.2) is 0 Å². The Labute approximate surface area is 166 Å². The van der Waals surface area contributed by atoms with E-state index in [2.05, 4.69) is 30.9 Å². The van der Waals surface area contributed by atoms with Crippen LogP contribution in [0.15, 0.2) is 0 Å². The lowest BCUT2D eigenvalue weighted by molar-refractivity contribution is -0.107. The van der Waals surface area contributed by atoms with Crippen LogP contribution in [0.5, 0.6) is 0 Å². The molecule has 0 aromatic carbocycles. The lowest BCUT2D eigenvalue weighted by Crippen LogP contribution is -2.72. The largest absolute Gasteiger partial charge is 0.375 e. The Morgan fingerprint density at radius 2 is 1.82 bits per heavy atom. The number of nitrogens with one attached hydrogen (secondary N) is 3. The standard InChI is InChI=1S/C19H33FN6O2/c20-13-1-2-14-16(7-13)27-5-3-24-10-15-17(11-24)28-6-4-25(15)19-21-8-12-9-22-26(14)18(12)23-19/h12-19,21-23H,1-11H2/t12?,13?,14?,15-,16?,17+,18?,19?/m0/s1. The summed E-state index contributed by atoms with van der Waals surface area (Å²) in [6, 6.07) is 0.648. The molecule has 5 saturated heterocycles. The van der Waals surface area contributed by atoms with E-state index in [0.29, 0.717) is 31.4 Å². The van der Waals surface area contributed by atoms with Crippen molar-refractivity contribution in [2.24, 2.45) is 5.92 Å². The van der Waals surface area contributed by atoms with Crippen LogP contribution >= 0.6 is 0 Å². The zero-order valence-electron chi connectivity index (χ0n) is 16.4. The molecule has 0 spiro atoms.